The molecule has 0 heterocycles. The molecule has 0 bridgehead atoms. The molecular weight excluding hydrogens is 504 g/mol. The maximum Gasteiger partial charge on any atom is 0.337 e. The number of carboxylic acids is 6. The number of hydrogen-bond acceptors (Lipinski definition) is 6. The maximum absolute atomic E-state index is 12.5. The van der Waals surface area contributed by atoms with Crippen molar-refractivity contribution in [3.63, 3.8) is 0 Å². The number of fused-ring (bicyclic) bond motifs is 2. The third kappa shape index (κ3) is 2.91. The Hall–Kier alpha value is -5.78. The first-order valence-electron chi connectivity index (χ1n) is 10.6. The second-order valence-corrected chi connectivity index (χ2v) is 8.29. The highest BCUT2D eigenvalue weighted by molar-refractivity contribution is 6.43. The Morgan fingerprint density at radius 2 is 0.684 bits per heavy atom. The zero-order valence-electron chi connectivity index (χ0n) is 18.6. The van der Waals surface area contributed by atoms with Gasteiger partial charge in [0, 0.05) is 21.5 Å². The molecule has 0 aliphatic carbocycles. The SMILES string of the molecule is O=C(O)c1c(C(=O)O)c2c(C(=O)O)c(C(=O)O)c(C(=O)O)c3c4cccc5cccc(c(c1C(=O)O)c23)c54. The van der Waals surface area contributed by atoms with E-state index in [1.165, 1.54) is 24.3 Å². The number of carboxylic acid groups (broad SMARTS) is 6. The number of benzene rings is 5. The van der Waals surface area contributed by atoms with Crippen molar-refractivity contribution in [1.82, 2.24) is 0 Å². The average molecular weight is 516 g/mol. The molecule has 0 saturated carbocycles. The molecule has 0 aliphatic heterocycles. The minimum Gasteiger partial charge on any atom is -0.478 e. The van der Waals surface area contributed by atoms with Crippen LogP contribution < -0.4 is 0 Å². The lowest BCUT2D eigenvalue weighted by Crippen LogP contribution is -2.21. The second kappa shape index (κ2) is 7.86. The molecule has 0 amide bonds. The van der Waals surface area contributed by atoms with Crippen molar-refractivity contribution in [2.24, 2.45) is 0 Å². The predicted molar refractivity (Wildman–Crippen MR) is 129 cm³/mol. The fourth-order valence-electron chi connectivity index (χ4n) is 5.33. The summed E-state index contributed by atoms with van der Waals surface area (Å²) in [5, 5.41) is 58.8. The van der Waals surface area contributed by atoms with E-state index in [9.17, 15) is 59.4 Å². The van der Waals surface area contributed by atoms with E-state index in [4.69, 9.17) is 0 Å². The lowest BCUT2D eigenvalue weighted by Gasteiger charge is -2.23. The summed E-state index contributed by atoms with van der Waals surface area (Å²) in [6.45, 7) is 0. The van der Waals surface area contributed by atoms with Gasteiger partial charge < -0.3 is 30.6 Å². The minimum absolute atomic E-state index is 0.0724. The summed E-state index contributed by atoms with van der Waals surface area (Å²) < 4.78 is 0. The van der Waals surface area contributed by atoms with E-state index < -0.39 is 90.7 Å². The van der Waals surface area contributed by atoms with Crippen LogP contribution in [0, 0.1) is 0 Å². The quantitative estimate of drug-likeness (QED) is 0.139. The second-order valence-electron chi connectivity index (χ2n) is 8.29. The fraction of sp³-hybridized carbons (Fsp3) is 0. The molecule has 12 heteroatoms. The Balaban J connectivity index is 2.46. The highest BCUT2D eigenvalue weighted by Crippen LogP contribution is 2.48. The van der Waals surface area contributed by atoms with E-state index in [1.807, 2.05) is 0 Å². The molecule has 0 atom stereocenters. The molecule has 38 heavy (non-hydrogen) atoms. The van der Waals surface area contributed by atoms with Crippen LogP contribution in [0.3, 0.4) is 0 Å². The van der Waals surface area contributed by atoms with E-state index >= 15 is 0 Å². The summed E-state index contributed by atoms with van der Waals surface area (Å²) >= 11 is 0. The molecule has 12 nitrogen and oxygen atoms in total. The first-order chi connectivity index (χ1) is 17.9. The summed E-state index contributed by atoms with van der Waals surface area (Å²) in [6.07, 6.45) is 0. The van der Waals surface area contributed by atoms with Crippen LogP contribution in [0.15, 0.2) is 36.4 Å². The van der Waals surface area contributed by atoms with Crippen LogP contribution in [0.25, 0.3) is 43.1 Å². The maximum atomic E-state index is 12.5. The number of aromatic carboxylic acids is 6. The Kier molecular flexibility index (Phi) is 4.95. The first-order valence-corrected chi connectivity index (χ1v) is 10.6. The number of rotatable bonds is 6. The van der Waals surface area contributed by atoms with Crippen LogP contribution in [0.5, 0.6) is 0 Å². The third-order valence-electron chi connectivity index (χ3n) is 6.48. The smallest absolute Gasteiger partial charge is 0.337 e. The third-order valence-corrected chi connectivity index (χ3v) is 6.48. The highest BCUT2D eigenvalue weighted by Gasteiger charge is 2.39. The predicted octanol–water partition coefficient (Wildman–Crippen LogP) is 3.93. The molecule has 0 unspecified atom stereocenters. The number of hydrogen-bond donors (Lipinski definition) is 6. The molecule has 6 N–H and O–H groups in total. The Morgan fingerprint density at radius 1 is 0.368 bits per heavy atom. The van der Waals surface area contributed by atoms with Crippen LogP contribution in [0.2, 0.25) is 0 Å². The standard InChI is InChI=1S/C26H12O12/c27-21(28)15-11-8-5-1-3-7-4-2-6-9(10(7)8)12-13(11)14(17(23(31)32)19(15)25(35)36)18(24(33)34)20(26(37)38)16(12)22(29)30/h1-6H,(H,27,28)(H,29,30)(H,31,32)(H,33,34)(H,35,36)(H,37,38). The molecule has 5 rings (SSSR count). The topological polar surface area (TPSA) is 224 Å². The summed E-state index contributed by atoms with van der Waals surface area (Å²) in [6, 6.07) is 8.98. The van der Waals surface area contributed by atoms with Crippen molar-refractivity contribution in [1.29, 1.82) is 0 Å². The molecular formula is C26H12O12. The van der Waals surface area contributed by atoms with Crippen LogP contribution in [-0.2, 0) is 0 Å². The summed E-state index contributed by atoms with van der Waals surface area (Å²) in [7, 11) is 0. The van der Waals surface area contributed by atoms with Gasteiger partial charge in [-0.15, -0.1) is 0 Å². The van der Waals surface area contributed by atoms with Gasteiger partial charge in [0.25, 0.3) is 0 Å². The van der Waals surface area contributed by atoms with Gasteiger partial charge in [0.1, 0.15) is 0 Å². The van der Waals surface area contributed by atoms with Gasteiger partial charge >= 0.3 is 35.8 Å². The van der Waals surface area contributed by atoms with E-state index in [1.54, 1.807) is 12.1 Å². The Labute approximate surface area is 208 Å². The molecule has 0 fully saturated rings. The van der Waals surface area contributed by atoms with Crippen LogP contribution >= 0.6 is 0 Å². The molecule has 5 aromatic carbocycles. The molecule has 0 aliphatic rings. The lowest BCUT2D eigenvalue weighted by molar-refractivity contribution is 0.0632. The summed E-state index contributed by atoms with van der Waals surface area (Å²) in [5.74, 6) is -11.9. The van der Waals surface area contributed by atoms with Gasteiger partial charge in [-0.05, 0) is 21.5 Å². The zero-order chi connectivity index (χ0) is 27.8. The molecule has 188 valence electrons. The summed E-state index contributed by atoms with van der Waals surface area (Å²) in [5.41, 5.74) is -7.17. The molecule has 5 aromatic rings. The van der Waals surface area contributed by atoms with E-state index in [0.717, 1.165) is 0 Å². The van der Waals surface area contributed by atoms with Crippen molar-refractivity contribution in [3.8, 4) is 0 Å². The largest absolute Gasteiger partial charge is 0.478 e. The van der Waals surface area contributed by atoms with Crippen molar-refractivity contribution in [2.45, 2.75) is 0 Å². The number of carbonyl (C=O) groups is 6. The van der Waals surface area contributed by atoms with Crippen molar-refractivity contribution in [2.75, 3.05) is 0 Å². The molecule has 0 aromatic heterocycles. The Morgan fingerprint density at radius 3 is 1.00 bits per heavy atom. The monoisotopic (exact) mass is 516 g/mol. The van der Waals surface area contributed by atoms with Crippen LogP contribution in [0.1, 0.15) is 62.1 Å². The Bertz CT molecular complexity index is 1850. The average Bonchev–Trinajstić information content (AvgIpc) is 2.84. The lowest BCUT2D eigenvalue weighted by atomic mass is 9.78. The van der Waals surface area contributed by atoms with Gasteiger partial charge in [-0.3, -0.25) is 0 Å². The molecule has 0 radical (unpaired) electrons. The highest BCUT2D eigenvalue weighted by atomic mass is 16.4. The van der Waals surface area contributed by atoms with Gasteiger partial charge in [-0.2, -0.15) is 0 Å². The van der Waals surface area contributed by atoms with Gasteiger partial charge in [0.05, 0.1) is 33.4 Å². The summed E-state index contributed by atoms with van der Waals surface area (Å²) in [4.78, 5) is 74.6. The fourth-order valence-corrected chi connectivity index (χ4v) is 5.33. The minimum atomic E-state index is -2.05. The van der Waals surface area contributed by atoms with Crippen molar-refractivity contribution in [3.05, 3.63) is 69.8 Å². The van der Waals surface area contributed by atoms with Gasteiger partial charge in [-0.1, -0.05) is 36.4 Å². The van der Waals surface area contributed by atoms with Gasteiger partial charge in [-0.25, -0.2) is 28.8 Å². The van der Waals surface area contributed by atoms with E-state index in [2.05, 4.69) is 0 Å². The van der Waals surface area contributed by atoms with E-state index in [0.29, 0.717) is 5.39 Å². The molecule has 0 spiro atoms. The van der Waals surface area contributed by atoms with Gasteiger partial charge in [0.15, 0.2) is 0 Å². The molecule has 0 saturated heterocycles. The first kappa shape index (κ1) is 23.9. The van der Waals surface area contributed by atoms with Crippen LogP contribution in [0.4, 0.5) is 0 Å². The van der Waals surface area contributed by atoms with Crippen molar-refractivity contribution >= 4 is 78.9 Å². The normalized spacial score (nSPS) is 11.4. The van der Waals surface area contributed by atoms with Crippen LogP contribution in [-0.4, -0.2) is 66.5 Å². The van der Waals surface area contributed by atoms with Gasteiger partial charge in [0.2, 0.25) is 0 Å². The zero-order valence-corrected chi connectivity index (χ0v) is 18.6. The van der Waals surface area contributed by atoms with Crippen molar-refractivity contribution < 1.29 is 59.4 Å². The van der Waals surface area contributed by atoms with E-state index in [-0.39, 0.29) is 16.2 Å².